The van der Waals surface area contributed by atoms with Gasteiger partial charge in [0.25, 0.3) is 5.91 Å². The zero-order chi connectivity index (χ0) is 44.0. The Labute approximate surface area is 348 Å². The van der Waals surface area contributed by atoms with E-state index in [0.29, 0.717) is 30.6 Å². The summed E-state index contributed by atoms with van der Waals surface area (Å²) in [6.07, 6.45) is 0.193. The normalized spacial score (nSPS) is 14.3. The fourth-order valence-electron chi connectivity index (χ4n) is 6.63. The van der Waals surface area contributed by atoms with Crippen LogP contribution in [-0.2, 0) is 52.7 Å². The predicted octanol–water partition coefficient (Wildman–Crippen LogP) is 4.38. The van der Waals surface area contributed by atoms with Crippen LogP contribution in [0.3, 0.4) is 0 Å². The lowest BCUT2D eigenvalue weighted by atomic mass is 9.96. The highest BCUT2D eigenvalue weighted by atomic mass is 16.6. The zero-order valence-electron chi connectivity index (χ0n) is 36.0. The lowest BCUT2D eigenvalue weighted by molar-refractivity contribution is -0.164. The molecule has 322 valence electrons. The number of amides is 3. The van der Waals surface area contributed by atoms with Gasteiger partial charge in [-0.15, -0.1) is 0 Å². The highest BCUT2D eigenvalue weighted by Crippen LogP contribution is 2.22. The van der Waals surface area contributed by atoms with E-state index in [4.69, 9.17) is 14.2 Å². The summed E-state index contributed by atoms with van der Waals surface area (Å²) in [6, 6.07) is 16.1. The van der Waals surface area contributed by atoms with Gasteiger partial charge in [-0.05, 0) is 98.8 Å². The highest BCUT2D eigenvalue weighted by molar-refractivity contribution is 5.95. The summed E-state index contributed by atoms with van der Waals surface area (Å²) in [5, 5.41) is 22.5. The third kappa shape index (κ3) is 13.5. The second kappa shape index (κ2) is 22.5. The quantitative estimate of drug-likeness (QED) is 0.130. The number of likely N-dealkylation sites (N-methyl/N-ethyl adjacent to an activating group) is 3. The van der Waals surface area contributed by atoms with E-state index in [1.165, 1.54) is 55.3 Å². The molecule has 0 heterocycles. The fourth-order valence-corrected chi connectivity index (χ4v) is 6.63. The molecule has 0 aliphatic heterocycles. The summed E-state index contributed by atoms with van der Waals surface area (Å²) >= 11 is 0. The summed E-state index contributed by atoms with van der Waals surface area (Å²) in [4.78, 5) is 74.3. The summed E-state index contributed by atoms with van der Waals surface area (Å²) in [6.45, 7) is 7.20. The molecule has 0 saturated carbocycles. The molecule has 3 aromatic rings. The molecule has 14 heteroatoms. The third-order valence-electron chi connectivity index (χ3n) is 10.8. The Morgan fingerprint density at radius 2 is 1.15 bits per heavy atom. The summed E-state index contributed by atoms with van der Waals surface area (Å²) in [5.41, 5.74) is 2.33. The van der Waals surface area contributed by atoms with Crippen LogP contribution in [0.25, 0.3) is 0 Å². The molecule has 0 aliphatic rings. The van der Waals surface area contributed by atoms with Gasteiger partial charge in [0.05, 0.1) is 14.2 Å². The molecule has 3 aromatic carbocycles. The molecule has 14 nitrogen and oxygen atoms in total. The van der Waals surface area contributed by atoms with Gasteiger partial charge in [-0.3, -0.25) is 24.1 Å². The number of carbonyl (C=O) groups is 5. The molecule has 0 aliphatic carbocycles. The molecule has 0 radical (unpaired) electrons. The second-order valence-electron chi connectivity index (χ2n) is 15.5. The maximum absolute atomic E-state index is 14.5. The molecule has 3 N–H and O–H groups in total. The van der Waals surface area contributed by atoms with Crippen molar-refractivity contribution < 1.29 is 48.4 Å². The van der Waals surface area contributed by atoms with Gasteiger partial charge < -0.3 is 39.5 Å². The molecule has 0 saturated heterocycles. The van der Waals surface area contributed by atoms with Crippen LogP contribution in [-0.4, -0.2) is 127 Å². The number of rotatable bonds is 21. The van der Waals surface area contributed by atoms with E-state index in [9.17, 15) is 34.2 Å². The van der Waals surface area contributed by atoms with Crippen LogP contribution in [0.15, 0.2) is 72.8 Å². The first kappa shape index (κ1) is 47.7. The number of nitrogens with one attached hydrogen (secondary N) is 1. The van der Waals surface area contributed by atoms with Crippen LogP contribution in [0.4, 0.5) is 0 Å². The number of benzene rings is 3. The van der Waals surface area contributed by atoms with E-state index in [2.05, 4.69) is 5.32 Å². The summed E-state index contributed by atoms with van der Waals surface area (Å²) < 4.78 is 16.3. The third-order valence-corrected chi connectivity index (χ3v) is 10.8. The average Bonchev–Trinajstić information content (AvgIpc) is 3.22. The summed E-state index contributed by atoms with van der Waals surface area (Å²) in [5.74, 6) is -3.06. The molecule has 6 atom stereocenters. The van der Waals surface area contributed by atoms with Crippen molar-refractivity contribution in [2.24, 2.45) is 11.8 Å². The Kier molecular flexibility index (Phi) is 18.2. The number of phenolic OH excluding ortho intramolecular Hbond substituents is 2. The Morgan fingerprint density at radius 3 is 1.63 bits per heavy atom. The van der Waals surface area contributed by atoms with Gasteiger partial charge in [0.15, 0.2) is 6.10 Å². The molecule has 0 fully saturated rings. The molecule has 59 heavy (non-hydrogen) atoms. The Morgan fingerprint density at radius 1 is 0.661 bits per heavy atom. The molecule has 0 unspecified atom stereocenters. The molecular weight excluding hydrogens is 757 g/mol. The molecule has 3 amide bonds. The average molecular weight is 819 g/mol. The number of carbonyl (C=O) groups excluding carboxylic acids is 5. The van der Waals surface area contributed by atoms with Crippen LogP contribution >= 0.6 is 0 Å². The van der Waals surface area contributed by atoms with E-state index in [1.54, 1.807) is 83.3 Å². The van der Waals surface area contributed by atoms with Crippen LogP contribution < -0.4 is 10.1 Å². The van der Waals surface area contributed by atoms with Gasteiger partial charge in [-0.25, -0.2) is 4.79 Å². The summed E-state index contributed by atoms with van der Waals surface area (Å²) in [7, 11) is 9.27. The lowest BCUT2D eigenvalue weighted by Crippen LogP contribution is -2.59. The number of nitrogens with zero attached hydrogens (tertiary/aromatic N) is 3. The first-order valence-corrected chi connectivity index (χ1v) is 19.9. The van der Waals surface area contributed by atoms with E-state index in [0.717, 1.165) is 11.1 Å². The number of methoxy groups -OCH3 is 2. The van der Waals surface area contributed by atoms with Crippen molar-refractivity contribution >= 4 is 29.7 Å². The monoisotopic (exact) mass is 818 g/mol. The van der Waals surface area contributed by atoms with Crippen molar-refractivity contribution in [3.05, 3.63) is 89.5 Å². The van der Waals surface area contributed by atoms with Crippen LogP contribution in [0.1, 0.15) is 57.2 Å². The highest BCUT2D eigenvalue weighted by Gasteiger charge is 2.40. The van der Waals surface area contributed by atoms with Gasteiger partial charge in [0, 0.05) is 26.4 Å². The Balaban J connectivity index is 1.90. The molecule has 0 spiro atoms. The van der Waals surface area contributed by atoms with E-state index in [1.807, 2.05) is 19.1 Å². The van der Waals surface area contributed by atoms with Crippen molar-refractivity contribution in [2.45, 2.75) is 90.1 Å². The number of aryl methyl sites for hydroxylation is 1. The number of aromatic hydroxyl groups is 2. The van der Waals surface area contributed by atoms with Crippen LogP contribution in [0, 0.1) is 11.8 Å². The minimum atomic E-state index is -1.22. The predicted molar refractivity (Wildman–Crippen MR) is 224 cm³/mol. The van der Waals surface area contributed by atoms with Gasteiger partial charge in [-0.1, -0.05) is 64.1 Å². The lowest BCUT2D eigenvalue weighted by Gasteiger charge is -2.36. The van der Waals surface area contributed by atoms with Gasteiger partial charge in [0.2, 0.25) is 11.8 Å². The minimum absolute atomic E-state index is 0.0174. The number of hydrogen-bond acceptors (Lipinski definition) is 11. The smallest absolute Gasteiger partial charge is 0.328 e. The first-order chi connectivity index (χ1) is 27.9. The van der Waals surface area contributed by atoms with Crippen molar-refractivity contribution in [2.75, 3.05) is 42.4 Å². The molecule has 0 aromatic heterocycles. The fraction of sp³-hybridized carbons (Fsp3) is 0.489. The number of esters is 2. The maximum atomic E-state index is 14.5. The van der Waals surface area contributed by atoms with E-state index >= 15 is 0 Å². The van der Waals surface area contributed by atoms with Gasteiger partial charge in [0.1, 0.15) is 41.4 Å². The van der Waals surface area contributed by atoms with Crippen molar-refractivity contribution in [3.63, 3.8) is 0 Å². The van der Waals surface area contributed by atoms with E-state index < -0.39 is 71.8 Å². The van der Waals surface area contributed by atoms with Crippen molar-refractivity contribution in [1.82, 2.24) is 20.0 Å². The van der Waals surface area contributed by atoms with Crippen LogP contribution in [0.2, 0.25) is 0 Å². The second-order valence-corrected chi connectivity index (χ2v) is 15.5. The largest absolute Gasteiger partial charge is 0.508 e. The first-order valence-electron chi connectivity index (χ1n) is 19.9. The Hall–Kier alpha value is -5.63. The van der Waals surface area contributed by atoms with Crippen molar-refractivity contribution in [1.29, 1.82) is 0 Å². The molecule has 0 bridgehead atoms. The van der Waals surface area contributed by atoms with Gasteiger partial charge in [-0.2, -0.15) is 0 Å². The van der Waals surface area contributed by atoms with Gasteiger partial charge >= 0.3 is 11.9 Å². The molecular formula is C45H62N4O10. The number of hydrogen-bond donors (Lipinski definition) is 3. The SMILES string of the molecule is CC[C@@H](C)[C@@H](OC(=O)[C@@H](Cc1ccc(OC)cc1)N(C)C)C(=O)N[C@@H](C(=O)N(C)[C@@H](Cc1ccc(O)cc1)C(=O)N(C)[C@H](CCc1ccc(O)cc1)C(=O)OC)C(C)C. The molecule has 3 rings (SSSR count). The van der Waals surface area contributed by atoms with Crippen molar-refractivity contribution in [3.8, 4) is 17.2 Å². The maximum Gasteiger partial charge on any atom is 0.328 e. The number of ether oxygens (including phenoxy) is 3. The van der Waals surface area contributed by atoms with E-state index in [-0.39, 0.29) is 24.3 Å². The Bertz CT molecular complexity index is 1830. The topological polar surface area (TPSA) is 175 Å². The van der Waals surface area contributed by atoms with Crippen LogP contribution in [0.5, 0.6) is 17.2 Å². The number of phenols is 2. The standard InChI is InChI=1S/C45H62N4O10/c1-11-29(4)40(59-45(56)38(47(5)6)27-32-16-23-35(57-9)24-17-32)41(52)46-39(28(2)3)43(54)49(8)37(26-31-14-21-34(51)22-15-31)42(53)48(7)36(44(55)58-10)25-18-30-12-19-33(50)20-13-30/h12-17,19-24,28-29,36-40,50-51H,11,18,25-27H2,1-10H3,(H,46,52)/t29-,36-,37+,38-,39-,40-/m1/s1. The zero-order valence-corrected chi connectivity index (χ0v) is 36.0. The minimum Gasteiger partial charge on any atom is -0.508 e.